The van der Waals surface area contributed by atoms with Crippen LogP contribution in [0.15, 0.2) is 4.99 Å². The lowest BCUT2D eigenvalue weighted by atomic mass is 10.0. The molecule has 202 valence electrons. The molecular weight excluding hydrogens is 460 g/mol. The van der Waals surface area contributed by atoms with E-state index in [-0.39, 0.29) is 25.3 Å². The Bertz CT molecular complexity index is 727. The van der Waals surface area contributed by atoms with Gasteiger partial charge in [-0.05, 0) is 51.5 Å². The van der Waals surface area contributed by atoms with Crippen LogP contribution < -0.4 is 38.9 Å². The van der Waals surface area contributed by atoms with E-state index in [9.17, 15) is 29.4 Å². The summed E-state index contributed by atoms with van der Waals surface area (Å²) in [6, 6.07) is -4.58. The Kier molecular flexibility index (Phi) is 15.2. The number of hydrogen-bond donors (Lipinski definition) is 9. The maximum atomic E-state index is 13.1. The first-order valence-corrected chi connectivity index (χ1v) is 11.6. The number of nitrogens with one attached hydrogen (secondary N) is 3. The minimum atomic E-state index is -1.25. The molecule has 0 heterocycles. The van der Waals surface area contributed by atoms with Crippen molar-refractivity contribution < 1.29 is 29.4 Å². The normalized spacial score (nSPS) is 15.3. The van der Waals surface area contributed by atoms with Crippen LogP contribution in [0.25, 0.3) is 0 Å². The number of nitrogens with two attached hydrogens (primary N) is 4. The van der Waals surface area contributed by atoms with Gasteiger partial charge in [0, 0.05) is 6.54 Å². The zero-order chi connectivity index (χ0) is 27.1. The number of amides is 3. The summed E-state index contributed by atoms with van der Waals surface area (Å²) in [6.07, 6.45) is 0.601. The summed E-state index contributed by atoms with van der Waals surface area (Å²) >= 11 is 0. The second kappa shape index (κ2) is 16.6. The van der Waals surface area contributed by atoms with Crippen molar-refractivity contribution in [1.82, 2.24) is 16.0 Å². The molecule has 0 aromatic heterocycles. The molecule has 0 radical (unpaired) electrons. The number of hydrogen-bond acceptors (Lipinski definition) is 8. The third-order valence-corrected chi connectivity index (χ3v) is 5.21. The number of carboxylic acids is 1. The lowest BCUT2D eigenvalue weighted by molar-refractivity contribution is -0.143. The molecule has 5 atom stereocenters. The third-order valence-electron chi connectivity index (χ3n) is 5.21. The average Bonchev–Trinajstić information content (AvgIpc) is 2.77. The van der Waals surface area contributed by atoms with Gasteiger partial charge in [-0.25, -0.2) is 4.79 Å². The SMILES string of the molecule is CC(C)C(NC(=O)C(CCCN=C(N)N)NC(=O)C(CCCCN)NC(=O)C(N)C(C)O)C(=O)O. The lowest BCUT2D eigenvalue weighted by Gasteiger charge is -2.26. The summed E-state index contributed by atoms with van der Waals surface area (Å²) in [5, 5.41) is 26.5. The molecule has 5 unspecified atom stereocenters. The van der Waals surface area contributed by atoms with Gasteiger partial charge in [0.15, 0.2) is 5.96 Å². The van der Waals surface area contributed by atoms with Gasteiger partial charge in [0.1, 0.15) is 24.2 Å². The van der Waals surface area contributed by atoms with Gasteiger partial charge in [0.05, 0.1) is 6.10 Å². The topological polar surface area (TPSA) is 261 Å². The smallest absolute Gasteiger partial charge is 0.326 e. The highest BCUT2D eigenvalue weighted by Crippen LogP contribution is 2.07. The number of unbranched alkanes of at least 4 members (excludes halogenated alkanes) is 1. The number of carbonyl (C=O) groups is 4. The van der Waals surface area contributed by atoms with Crippen LogP contribution in [0.4, 0.5) is 0 Å². The van der Waals surface area contributed by atoms with E-state index < -0.39 is 59.9 Å². The molecule has 0 aromatic carbocycles. The van der Waals surface area contributed by atoms with Crippen molar-refractivity contribution in [3.05, 3.63) is 0 Å². The molecule has 0 saturated carbocycles. The Morgan fingerprint density at radius 1 is 0.857 bits per heavy atom. The molecule has 0 saturated heterocycles. The van der Waals surface area contributed by atoms with E-state index in [1.54, 1.807) is 13.8 Å². The third kappa shape index (κ3) is 12.9. The van der Waals surface area contributed by atoms with Crippen molar-refractivity contribution in [2.75, 3.05) is 13.1 Å². The summed E-state index contributed by atoms with van der Waals surface area (Å²) in [5.41, 5.74) is 21.8. The number of aliphatic imine (C=N–C) groups is 1. The van der Waals surface area contributed by atoms with Crippen molar-refractivity contribution >= 4 is 29.7 Å². The second-order valence-electron chi connectivity index (χ2n) is 8.69. The number of aliphatic carboxylic acids is 1. The maximum Gasteiger partial charge on any atom is 0.326 e. The molecule has 13 N–H and O–H groups in total. The standard InChI is InChI=1S/C21H42N8O6/c1-11(2)16(20(34)35)29-18(32)14(8-6-10-26-21(24)25)27-17(31)13(7-4-5-9-22)28-19(33)15(23)12(3)30/h11-16,30H,4-10,22-23H2,1-3H3,(H,27,31)(H,28,33)(H,29,32)(H,34,35)(H4,24,25,26). The minimum absolute atomic E-state index is 0.107. The zero-order valence-electron chi connectivity index (χ0n) is 20.7. The molecule has 0 aromatic rings. The molecule has 14 nitrogen and oxygen atoms in total. The molecule has 3 amide bonds. The van der Waals surface area contributed by atoms with Crippen LogP contribution in [0.1, 0.15) is 52.9 Å². The van der Waals surface area contributed by atoms with Crippen molar-refractivity contribution in [2.24, 2.45) is 33.8 Å². The van der Waals surface area contributed by atoms with Crippen molar-refractivity contribution in [3.63, 3.8) is 0 Å². The molecule has 0 bridgehead atoms. The Hall–Kier alpha value is -2.97. The van der Waals surface area contributed by atoms with E-state index in [1.807, 2.05) is 0 Å². The first kappa shape index (κ1) is 32.0. The molecule has 35 heavy (non-hydrogen) atoms. The molecular formula is C21H42N8O6. The predicted molar refractivity (Wildman–Crippen MR) is 131 cm³/mol. The highest BCUT2D eigenvalue weighted by atomic mass is 16.4. The van der Waals surface area contributed by atoms with Gasteiger partial charge >= 0.3 is 5.97 Å². The van der Waals surface area contributed by atoms with E-state index in [1.165, 1.54) is 6.92 Å². The largest absolute Gasteiger partial charge is 0.480 e. The fourth-order valence-corrected chi connectivity index (χ4v) is 3.06. The number of aliphatic hydroxyl groups excluding tert-OH is 1. The van der Waals surface area contributed by atoms with E-state index in [0.29, 0.717) is 25.8 Å². The van der Waals surface area contributed by atoms with Crippen LogP contribution in [0.3, 0.4) is 0 Å². The first-order chi connectivity index (χ1) is 16.3. The fourth-order valence-electron chi connectivity index (χ4n) is 3.06. The molecule has 0 aliphatic heterocycles. The van der Waals surface area contributed by atoms with Crippen molar-refractivity contribution in [3.8, 4) is 0 Å². The maximum absolute atomic E-state index is 13.1. The first-order valence-electron chi connectivity index (χ1n) is 11.6. The highest BCUT2D eigenvalue weighted by molar-refractivity contribution is 5.94. The summed E-state index contributed by atoms with van der Waals surface area (Å²) in [7, 11) is 0. The van der Waals surface area contributed by atoms with E-state index in [0.717, 1.165) is 0 Å². The Morgan fingerprint density at radius 3 is 1.83 bits per heavy atom. The van der Waals surface area contributed by atoms with Gasteiger partial charge in [-0.3, -0.25) is 19.4 Å². The van der Waals surface area contributed by atoms with Crippen molar-refractivity contribution in [1.29, 1.82) is 0 Å². The molecule has 0 rings (SSSR count). The van der Waals surface area contributed by atoms with Gasteiger partial charge in [-0.2, -0.15) is 0 Å². The minimum Gasteiger partial charge on any atom is -0.480 e. The van der Waals surface area contributed by atoms with Crippen LogP contribution in [-0.2, 0) is 19.2 Å². The monoisotopic (exact) mass is 502 g/mol. The van der Waals surface area contributed by atoms with E-state index >= 15 is 0 Å². The molecule has 0 fully saturated rings. The van der Waals surface area contributed by atoms with E-state index in [2.05, 4.69) is 20.9 Å². The van der Waals surface area contributed by atoms with Crippen LogP contribution in [-0.4, -0.2) is 83.2 Å². The summed E-state index contributed by atoms with van der Waals surface area (Å²) in [5.74, 6) is -3.83. The quantitative estimate of drug-likeness (QED) is 0.0555. The molecule has 0 aliphatic rings. The van der Waals surface area contributed by atoms with Crippen LogP contribution in [0, 0.1) is 5.92 Å². The Morgan fingerprint density at radius 2 is 1.37 bits per heavy atom. The summed E-state index contributed by atoms with van der Waals surface area (Å²) < 4.78 is 0. The van der Waals surface area contributed by atoms with Gasteiger partial charge in [0.25, 0.3) is 0 Å². The second-order valence-corrected chi connectivity index (χ2v) is 8.69. The number of nitrogens with zero attached hydrogens (tertiary/aromatic N) is 1. The average molecular weight is 503 g/mol. The number of guanidine groups is 1. The predicted octanol–water partition coefficient (Wildman–Crippen LogP) is -2.93. The highest BCUT2D eigenvalue weighted by Gasteiger charge is 2.31. The zero-order valence-corrected chi connectivity index (χ0v) is 20.7. The number of carboxylic acid groups (broad SMARTS) is 1. The van der Waals surface area contributed by atoms with Crippen LogP contribution in [0.5, 0.6) is 0 Å². The Balaban J connectivity index is 5.62. The van der Waals surface area contributed by atoms with Gasteiger partial charge in [-0.1, -0.05) is 13.8 Å². The molecule has 0 aliphatic carbocycles. The Labute approximate surface area is 205 Å². The van der Waals surface area contributed by atoms with Crippen LogP contribution >= 0.6 is 0 Å². The summed E-state index contributed by atoms with van der Waals surface area (Å²) in [4.78, 5) is 53.6. The lowest BCUT2D eigenvalue weighted by Crippen LogP contribution is -2.58. The number of rotatable bonds is 17. The van der Waals surface area contributed by atoms with Gasteiger partial charge in [0.2, 0.25) is 17.7 Å². The van der Waals surface area contributed by atoms with Crippen LogP contribution in [0.2, 0.25) is 0 Å². The van der Waals surface area contributed by atoms with Gasteiger partial charge < -0.3 is 49.1 Å². The molecule has 0 spiro atoms. The number of aliphatic hydroxyl groups is 1. The number of carbonyl (C=O) groups excluding carboxylic acids is 3. The van der Waals surface area contributed by atoms with Gasteiger partial charge in [-0.15, -0.1) is 0 Å². The van der Waals surface area contributed by atoms with Crippen molar-refractivity contribution in [2.45, 2.75) is 83.1 Å². The van der Waals surface area contributed by atoms with E-state index in [4.69, 9.17) is 22.9 Å². The molecule has 14 heteroatoms. The summed E-state index contributed by atoms with van der Waals surface area (Å²) in [6.45, 7) is 5.20. The fraction of sp³-hybridized carbons (Fsp3) is 0.762.